The van der Waals surface area contributed by atoms with Crippen LogP contribution in [0.1, 0.15) is 62.8 Å². The van der Waals surface area contributed by atoms with E-state index in [1.807, 2.05) is 0 Å². The summed E-state index contributed by atoms with van der Waals surface area (Å²) in [6.07, 6.45) is 7.02. The molecule has 0 spiro atoms. The van der Waals surface area contributed by atoms with E-state index in [4.69, 9.17) is 0 Å². The summed E-state index contributed by atoms with van der Waals surface area (Å²) in [5.74, 6) is 0. The van der Waals surface area contributed by atoms with E-state index in [0.29, 0.717) is 0 Å². The van der Waals surface area contributed by atoms with Crippen LogP contribution in [0.4, 0.5) is 17.1 Å². The van der Waals surface area contributed by atoms with Gasteiger partial charge in [-0.25, -0.2) is 0 Å². The molecule has 0 N–H and O–H groups in total. The van der Waals surface area contributed by atoms with Crippen LogP contribution in [0.3, 0.4) is 0 Å². The van der Waals surface area contributed by atoms with Gasteiger partial charge in [-0.05, 0) is 137 Å². The van der Waals surface area contributed by atoms with Crippen molar-refractivity contribution in [1.29, 1.82) is 0 Å². The van der Waals surface area contributed by atoms with Crippen molar-refractivity contribution < 1.29 is 0 Å². The molecular formula is C52H41N. The average molecular weight is 680 g/mol. The first-order valence-corrected chi connectivity index (χ1v) is 19.2. The summed E-state index contributed by atoms with van der Waals surface area (Å²) < 4.78 is 0. The molecular weight excluding hydrogens is 639 g/mol. The molecule has 0 saturated heterocycles. The van der Waals surface area contributed by atoms with Gasteiger partial charge in [-0.3, -0.25) is 0 Å². The lowest BCUT2D eigenvalue weighted by Gasteiger charge is -2.30. The summed E-state index contributed by atoms with van der Waals surface area (Å²) in [7, 11) is 0. The minimum atomic E-state index is -0.203. The number of nitrogens with zero attached hydrogens (tertiary/aromatic N) is 1. The lowest BCUT2D eigenvalue weighted by molar-refractivity contribution is 0.652. The number of hydrogen-bond acceptors (Lipinski definition) is 1. The summed E-state index contributed by atoms with van der Waals surface area (Å²) in [6, 6.07) is 52.9. The molecule has 0 unspecified atom stereocenters. The van der Waals surface area contributed by atoms with Gasteiger partial charge in [0.25, 0.3) is 0 Å². The van der Waals surface area contributed by atoms with Crippen molar-refractivity contribution in [3.05, 3.63) is 172 Å². The summed E-state index contributed by atoms with van der Waals surface area (Å²) in [5, 5.41) is 10.6. The fourth-order valence-corrected chi connectivity index (χ4v) is 10.1. The molecule has 0 bridgehead atoms. The van der Waals surface area contributed by atoms with Crippen molar-refractivity contribution in [3.63, 3.8) is 0 Å². The quantitative estimate of drug-likeness (QED) is 0.180. The molecule has 8 aromatic carbocycles. The smallest absolute Gasteiger partial charge is 0.0543 e. The van der Waals surface area contributed by atoms with E-state index in [2.05, 4.69) is 184 Å². The Hall–Kier alpha value is -5.92. The van der Waals surface area contributed by atoms with Crippen LogP contribution in [0.25, 0.3) is 66.7 Å². The van der Waals surface area contributed by atoms with Crippen LogP contribution < -0.4 is 15.3 Å². The van der Waals surface area contributed by atoms with Crippen LogP contribution in [-0.4, -0.2) is 0 Å². The third-order valence-electron chi connectivity index (χ3n) is 12.8. The first-order chi connectivity index (χ1) is 25.8. The maximum Gasteiger partial charge on any atom is 0.0543 e. The van der Waals surface area contributed by atoms with Gasteiger partial charge in [0.1, 0.15) is 0 Å². The molecule has 3 aliphatic carbocycles. The molecule has 0 aliphatic heterocycles. The Bertz CT molecular complexity index is 3000. The second kappa shape index (κ2) is 10.8. The molecule has 0 fully saturated rings. The molecule has 8 aromatic rings. The highest BCUT2D eigenvalue weighted by Crippen LogP contribution is 2.59. The monoisotopic (exact) mass is 679 g/mol. The molecule has 254 valence electrons. The summed E-state index contributed by atoms with van der Waals surface area (Å²) >= 11 is 0. The molecule has 1 heteroatoms. The van der Waals surface area contributed by atoms with E-state index in [1.165, 1.54) is 98.6 Å². The molecule has 0 atom stereocenters. The molecule has 0 radical (unpaired) electrons. The Kier molecular flexibility index (Phi) is 6.26. The topological polar surface area (TPSA) is 3.24 Å². The standard InChI is InChI=1S/C52H41N/c1-51(2)44-27-25-33-15-9-11-19-38(33)49(44)42-29-46-43(30-45(42)51)50-40-21-13-12-20-39(40)48(31-47(50)52(46,3)4)53(35-16-6-5-7-17-35)36-26-24-34-23-22-32-14-8-10-18-37(32)41(34)28-36/h5-7,9,11-31H,8,10H2,1-4H3. The minimum absolute atomic E-state index is 0.0963. The van der Waals surface area contributed by atoms with Crippen LogP contribution in [-0.2, 0) is 10.8 Å². The third kappa shape index (κ3) is 4.20. The van der Waals surface area contributed by atoms with E-state index < -0.39 is 0 Å². The highest BCUT2D eigenvalue weighted by molar-refractivity contribution is 6.11. The van der Waals surface area contributed by atoms with Crippen molar-refractivity contribution in [2.75, 3.05) is 4.90 Å². The van der Waals surface area contributed by atoms with Gasteiger partial charge >= 0.3 is 0 Å². The van der Waals surface area contributed by atoms with Crippen LogP contribution in [0, 0.1) is 0 Å². The summed E-state index contributed by atoms with van der Waals surface area (Å²) in [6.45, 7) is 9.70. The molecule has 0 aromatic heterocycles. The summed E-state index contributed by atoms with van der Waals surface area (Å²) in [4.78, 5) is 2.50. The number of rotatable bonds is 3. The Balaban J connectivity index is 1.18. The average Bonchev–Trinajstić information content (AvgIpc) is 3.56. The maximum atomic E-state index is 2.56. The zero-order chi connectivity index (χ0) is 35.6. The number of anilines is 3. The van der Waals surface area contributed by atoms with Crippen molar-refractivity contribution in [3.8, 4) is 22.3 Å². The van der Waals surface area contributed by atoms with Gasteiger partial charge in [-0.2, -0.15) is 0 Å². The van der Waals surface area contributed by atoms with Crippen LogP contribution in [0.2, 0.25) is 0 Å². The second-order valence-electron chi connectivity index (χ2n) is 16.4. The van der Waals surface area contributed by atoms with E-state index in [1.54, 1.807) is 0 Å². The lowest BCUT2D eigenvalue weighted by atomic mass is 9.79. The van der Waals surface area contributed by atoms with Crippen molar-refractivity contribution in [2.45, 2.75) is 51.4 Å². The number of para-hydroxylation sites is 1. The van der Waals surface area contributed by atoms with Gasteiger partial charge in [-0.1, -0.05) is 137 Å². The molecule has 11 rings (SSSR count). The predicted molar refractivity (Wildman–Crippen MR) is 226 cm³/mol. The van der Waals surface area contributed by atoms with Gasteiger partial charge in [0.15, 0.2) is 0 Å². The Morgan fingerprint density at radius 3 is 1.83 bits per heavy atom. The van der Waals surface area contributed by atoms with E-state index >= 15 is 0 Å². The van der Waals surface area contributed by atoms with E-state index in [-0.39, 0.29) is 10.8 Å². The van der Waals surface area contributed by atoms with Gasteiger partial charge < -0.3 is 4.90 Å². The number of benzene rings is 8. The van der Waals surface area contributed by atoms with Crippen LogP contribution in [0.5, 0.6) is 0 Å². The zero-order valence-corrected chi connectivity index (χ0v) is 30.8. The first-order valence-electron chi connectivity index (χ1n) is 19.2. The fourth-order valence-electron chi connectivity index (χ4n) is 10.1. The van der Waals surface area contributed by atoms with Gasteiger partial charge in [0.2, 0.25) is 0 Å². The van der Waals surface area contributed by atoms with Crippen LogP contribution >= 0.6 is 0 Å². The van der Waals surface area contributed by atoms with Crippen molar-refractivity contribution in [1.82, 2.24) is 0 Å². The van der Waals surface area contributed by atoms with Crippen LogP contribution in [0.15, 0.2) is 140 Å². The predicted octanol–water partition coefficient (Wildman–Crippen LogP) is 12.6. The minimum Gasteiger partial charge on any atom is -0.310 e. The van der Waals surface area contributed by atoms with Gasteiger partial charge in [0.05, 0.1) is 5.69 Å². The Labute approximate surface area is 311 Å². The largest absolute Gasteiger partial charge is 0.310 e. The van der Waals surface area contributed by atoms with Crippen molar-refractivity contribution >= 4 is 61.5 Å². The Morgan fingerprint density at radius 1 is 0.434 bits per heavy atom. The number of fused-ring (bicyclic) bond motifs is 13. The second-order valence-corrected chi connectivity index (χ2v) is 16.4. The fraction of sp³-hybridized carbons (Fsp3) is 0.154. The molecule has 53 heavy (non-hydrogen) atoms. The maximum absolute atomic E-state index is 2.56. The van der Waals surface area contributed by atoms with E-state index in [0.717, 1.165) is 18.5 Å². The molecule has 3 aliphatic rings. The molecule has 1 nitrogen and oxygen atoms in total. The zero-order valence-electron chi connectivity index (χ0n) is 30.8. The van der Waals surface area contributed by atoms with Crippen molar-refractivity contribution in [2.24, 2.45) is 0 Å². The molecule has 0 saturated carbocycles. The Morgan fingerprint density at radius 2 is 1.04 bits per heavy atom. The van der Waals surface area contributed by atoms with Gasteiger partial charge in [0, 0.05) is 27.6 Å². The van der Waals surface area contributed by atoms with Gasteiger partial charge in [-0.15, -0.1) is 0 Å². The number of hydrogen-bond donors (Lipinski definition) is 0. The molecule has 0 heterocycles. The molecule has 0 amide bonds. The normalized spacial score (nSPS) is 15.6. The SMILES string of the molecule is CC1(C)c2cc3c(cc2-c2c1ccc1ccccc21)C(C)(C)c1cc(N(c2ccccc2)c2ccc4ccc5c(c4c2)=CCCC=5)c2ccccc2c1-3. The highest BCUT2D eigenvalue weighted by Gasteiger charge is 2.43. The van der Waals surface area contributed by atoms with E-state index in [9.17, 15) is 0 Å². The first kappa shape index (κ1) is 30.7. The highest BCUT2D eigenvalue weighted by atomic mass is 15.1. The summed E-state index contributed by atoms with van der Waals surface area (Å²) in [5.41, 5.74) is 14.5. The lowest BCUT2D eigenvalue weighted by Crippen LogP contribution is -2.27. The third-order valence-corrected chi connectivity index (χ3v) is 12.8.